The summed E-state index contributed by atoms with van der Waals surface area (Å²) in [6.45, 7) is 0.784. The number of carbonyl (C=O) groups excluding carboxylic acids is 1. The van der Waals surface area contributed by atoms with Gasteiger partial charge >= 0.3 is 0 Å². The first-order valence-corrected chi connectivity index (χ1v) is 9.31. The van der Waals surface area contributed by atoms with Crippen LogP contribution in [0.5, 0.6) is 11.5 Å². The van der Waals surface area contributed by atoms with Gasteiger partial charge in [-0.2, -0.15) is 0 Å². The van der Waals surface area contributed by atoms with E-state index in [1.54, 1.807) is 5.38 Å². The summed E-state index contributed by atoms with van der Waals surface area (Å²) in [5.41, 5.74) is 1.62. The second-order valence-electron chi connectivity index (χ2n) is 6.00. The molecular weight excluding hydrogens is 348 g/mol. The largest absolute Gasteiger partial charge is 0.486 e. The van der Waals surface area contributed by atoms with E-state index in [1.807, 2.05) is 42.5 Å². The van der Waals surface area contributed by atoms with E-state index in [2.05, 4.69) is 22.4 Å². The number of ether oxygens (including phenoxy) is 2. The molecule has 1 unspecified atom stereocenters. The second-order valence-corrected chi connectivity index (χ2v) is 6.94. The van der Waals surface area contributed by atoms with E-state index in [0.29, 0.717) is 24.6 Å². The maximum Gasteiger partial charge on any atom is 0.270 e. The number of fused-ring (bicyclic) bond motifs is 1. The first-order valence-electron chi connectivity index (χ1n) is 8.43. The van der Waals surface area contributed by atoms with Crippen molar-refractivity contribution in [1.29, 1.82) is 0 Å². The minimum absolute atomic E-state index is 0.192. The lowest BCUT2D eigenvalue weighted by Crippen LogP contribution is -2.40. The molecule has 0 bridgehead atoms. The van der Waals surface area contributed by atoms with Crippen molar-refractivity contribution in [3.63, 3.8) is 0 Å². The van der Waals surface area contributed by atoms with Gasteiger partial charge in [-0.15, -0.1) is 11.3 Å². The number of thiazole rings is 1. The van der Waals surface area contributed by atoms with Crippen LogP contribution in [-0.2, 0) is 6.42 Å². The van der Waals surface area contributed by atoms with E-state index in [0.717, 1.165) is 17.2 Å². The lowest BCUT2D eigenvalue weighted by molar-refractivity contribution is 0.0786. The van der Waals surface area contributed by atoms with Gasteiger partial charge in [-0.05, 0) is 17.7 Å². The highest BCUT2D eigenvalue weighted by Gasteiger charge is 2.21. The topological polar surface area (TPSA) is 60.5 Å². The minimum Gasteiger partial charge on any atom is -0.486 e. The van der Waals surface area contributed by atoms with Gasteiger partial charge in [0, 0.05) is 11.8 Å². The highest BCUT2D eigenvalue weighted by Crippen LogP contribution is 2.30. The van der Waals surface area contributed by atoms with Crippen molar-refractivity contribution in [2.45, 2.75) is 12.5 Å². The predicted molar refractivity (Wildman–Crippen MR) is 100 cm³/mol. The lowest BCUT2D eigenvalue weighted by Gasteiger charge is -2.26. The molecule has 0 spiro atoms. The van der Waals surface area contributed by atoms with Crippen LogP contribution in [0.3, 0.4) is 0 Å². The van der Waals surface area contributed by atoms with E-state index < -0.39 is 0 Å². The lowest BCUT2D eigenvalue weighted by atomic mass is 10.2. The van der Waals surface area contributed by atoms with Gasteiger partial charge in [-0.3, -0.25) is 4.79 Å². The maximum atomic E-state index is 12.3. The van der Waals surface area contributed by atoms with Crippen molar-refractivity contribution in [3.8, 4) is 11.5 Å². The van der Waals surface area contributed by atoms with E-state index in [9.17, 15) is 4.79 Å². The third kappa shape index (κ3) is 3.86. The minimum atomic E-state index is -0.212. The number of para-hydroxylation sites is 2. The van der Waals surface area contributed by atoms with Crippen molar-refractivity contribution >= 4 is 17.2 Å². The molecular formula is C20H18N2O3S. The SMILES string of the molecule is O=C(NCC1COc2ccccc2O1)c1csc(Cc2ccccc2)n1. The Bertz CT molecular complexity index is 895. The standard InChI is InChI=1S/C20H18N2O3S/c23-20(16-13-26-19(22-16)10-14-6-2-1-3-7-14)21-11-15-12-24-17-8-4-5-9-18(17)25-15/h1-9,13,15H,10-12H2,(H,21,23). The van der Waals surface area contributed by atoms with Gasteiger partial charge in [0.25, 0.3) is 5.91 Å². The molecule has 132 valence electrons. The first kappa shape index (κ1) is 16.6. The Kier molecular flexibility index (Phi) is 4.84. The van der Waals surface area contributed by atoms with Crippen LogP contribution in [-0.4, -0.2) is 30.1 Å². The molecule has 0 saturated carbocycles. The van der Waals surface area contributed by atoms with Crippen LogP contribution in [0.1, 0.15) is 21.1 Å². The zero-order chi connectivity index (χ0) is 17.8. The molecule has 26 heavy (non-hydrogen) atoms. The molecule has 1 aliphatic rings. The van der Waals surface area contributed by atoms with E-state index >= 15 is 0 Å². The molecule has 0 saturated heterocycles. The summed E-state index contributed by atoms with van der Waals surface area (Å²) in [5, 5.41) is 5.59. The fourth-order valence-electron chi connectivity index (χ4n) is 2.73. The number of nitrogens with one attached hydrogen (secondary N) is 1. The highest BCUT2D eigenvalue weighted by atomic mass is 32.1. The summed E-state index contributed by atoms with van der Waals surface area (Å²) in [7, 11) is 0. The summed E-state index contributed by atoms with van der Waals surface area (Å²) in [5.74, 6) is 1.25. The van der Waals surface area contributed by atoms with Gasteiger partial charge in [0.05, 0.1) is 11.6 Å². The zero-order valence-electron chi connectivity index (χ0n) is 14.1. The van der Waals surface area contributed by atoms with Crippen LogP contribution in [0.25, 0.3) is 0 Å². The van der Waals surface area contributed by atoms with Crippen molar-refractivity contribution in [2.24, 2.45) is 0 Å². The van der Waals surface area contributed by atoms with E-state index in [-0.39, 0.29) is 12.0 Å². The molecule has 4 rings (SSSR count). The van der Waals surface area contributed by atoms with Crippen LogP contribution in [0.2, 0.25) is 0 Å². The van der Waals surface area contributed by atoms with Gasteiger partial charge < -0.3 is 14.8 Å². The molecule has 2 aromatic carbocycles. The molecule has 5 nitrogen and oxygen atoms in total. The Labute approximate surface area is 155 Å². The third-order valence-electron chi connectivity index (χ3n) is 4.04. The van der Waals surface area contributed by atoms with Crippen LogP contribution < -0.4 is 14.8 Å². The normalized spacial score (nSPS) is 15.5. The quantitative estimate of drug-likeness (QED) is 0.753. The summed E-state index contributed by atoms with van der Waals surface area (Å²) >= 11 is 1.50. The van der Waals surface area contributed by atoms with Crippen molar-refractivity contribution in [3.05, 3.63) is 76.2 Å². The van der Waals surface area contributed by atoms with E-state index in [1.165, 1.54) is 16.9 Å². The summed E-state index contributed by atoms with van der Waals surface area (Å²) in [4.78, 5) is 16.8. The van der Waals surface area contributed by atoms with Crippen LogP contribution in [0.4, 0.5) is 0 Å². The summed E-state index contributed by atoms with van der Waals surface area (Å²) < 4.78 is 11.5. The molecule has 0 fully saturated rings. The molecule has 6 heteroatoms. The number of aromatic nitrogens is 1. The number of amides is 1. The van der Waals surface area contributed by atoms with Crippen molar-refractivity contribution < 1.29 is 14.3 Å². The Balaban J connectivity index is 1.32. The molecule has 1 amide bonds. The number of benzene rings is 2. The van der Waals surface area contributed by atoms with Crippen LogP contribution in [0.15, 0.2) is 60.0 Å². The monoisotopic (exact) mass is 366 g/mol. The fourth-order valence-corrected chi connectivity index (χ4v) is 3.54. The molecule has 1 atom stereocenters. The van der Waals surface area contributed by atoms with Gasteiger partial charge in [-0.25, -0.2) is 4.98 Å². The number of nitrogens with zero attached hydrogens (tertiary/aromatic N) is 1. The van der Waals surface area contributed by atoms with Gasteiger partial charge in [0.1, 0.15) is 18.4 Å². The third-order valence-corrected chi connectivity index (χ3v) is 4.89. The molecule has 1 aliphatic heterocycles. The highest BCUT2D eigenvalue weighted by molar-refractivity contribution is 7.09. The Hall–Kier alpha value is -2.86. The molecule has 0 aliphatic carbocycles. The van der Waals surface area contributed by atoms with Gasteiger partial charge in [-0.1, -0.05) is 42.5 Å². The number of hydrogen-bond acceptors (Lipinski definition) is 5. The maximum absolute atomic E-state index is 12.3. The molecule has 1 aromatic heterocycles. The zero-order valence-corrected chi connectivity index (χ0v) is 14.9. The van der Waals surface area contributed by atoms with Crippen LogP contribution in [0, 0.1) is 0 Å². The van der Waals surface area contributed by atoms with E-state index in [4.69, 9.17) is 9.47 Å². The molecule has 3 aromatic rings. The van der Waals surface area contributed by atoms with Crippen LogP contribution >= 0.6 is 11.3 Å². The smallest absolute Gasteiger partial charge is 0.270 e. The predicted octanol–water partition coefficient (Wildman–Crippen LogP) is 3.30. The van der Waals surface area contributed by atoms with Crippen molar-refractivity contribution in [1.82, 2.24) is 10.3 Å². The Morgan fingerprint density at radius 3 is 2.73 bits per heavy atom. The number of hydrogen-bond donors (Lipinski definition) is 1. The van der Waals surface area contributed by atoms with Gasteiger partial charge in [0.2, 0.25) is 0 Å². The number of carbonyl (C=O) groups is 1. The second kappa shape index (κ2) is 7.58. The van der Waals surface area contributed by atoms with Crippen molar-refractivity contribution in [2.75, 3.05) is 13.2 Å². The summed E-state index contributed by atoms with van der Waals surface area (Å²) in [6, 6.07) is 17.6. The average Bonchev–Trinajstić information content (AvgIpc) is 3.15. The fraction of sp³-hybridized carbons (Fsp3) is 0.200. The Morgan fingerprint density at radius 2 is 1.88 bits per heavy atom. The molecule has 1 N–H and O–H groups in total. The summed E-state index contributed by atoms with van der Waals surface area (Å²) in [6.07, 6.45) is 0.520. The van der Waals surface area contributed by atoms with Gasteiger partial charge in [0.15, 0.2) is 11.5 Å². The molecule has 0 radical (unpaired) electrons. The Morgan fingerprint density at radius 1 is 1.12 bits per heavy atom. The first-order chi connectivity index (χ1) is 12.8. The molecule has 2 heterocycles. The average molecular weight is 366 g/mol. The number of rotatable bonds is 5.